The first-order valence-electron chi connectivity index (χ1n) is 11.8. The minimum atomic E-state index is -4.65. The summed E-state index contributed by atoms with van der Waals surface area (Å²) in [6, 6.07) is 14.4. The molecule has 37 heavy (non-hydrogen) atoms. The third-order valence-electron chi connectivity index (χ3n) is 5.86. The Morgan fingerprint density at radius 2 is 1.49 bits per heavy atom. The summed E-state index contributed by atoms with van der Waals surface area (Å²) >= 11 is 0. The molecule has 0 bridgehead atoms. The summed E-state index contributed by atoms with van der Waals surface area (Å²) < 4.78 is 52.6. The highest BCUT2D eigenvalue weighted by atomic mass is 32.3. The van der Waals surface area contributed by atoms with E-state index in [1.165, 1.54) is 0 Å². The number of benzene rings is 2. The van der Waals surface area contributed by atoms with Crippen molar-refractivity contribution in [3.05, 3.63) is 54.4 Å². The number of rotatable bonds is 11. The summed E-state index contributed by atoms with van der Waals surface area (Å²) in [5, 5.41) is 4.07. The highest BCUT2D eigenvalue weighted by Gasteiger charge is 2.38. The second kappa shape index (κ2) is 11.3. The van der Waals surface area contributed by atoms with Crippen molar-refractivity contribution in [1.29, 1.82) is 0 Å². The Morgan fingerprint density at radius 3 is 2.00 bits per heavy atom. The highest BCUT2D eigenvalue weighted by molar-refractivity contribution is 8.32. The van der Waals surface area contributed by atoms with Gasteiger partial charge in [0.1, 0.15) is 24.9 Å². The molecular formula is C27H34F3N3O3S. The lowest BCUT2D eigenvalue weighted by molar-refractivity contribution is -0.150. The molecule has 0 aliphatic carbocycles. The number of alkyl halides is 3. The molecule has 202 valence electrons. The predicted octanol–water partition coefficient (Wildman–Crippen LogP) is 6.29. The number of ketones is 1. The number of hydrogen-bond acceptors (Lipinski definition) is 5. The van der Waals surface area contributed by atoms with Gasteiger partial charge in [0.2, 0.25) is 5.82 Å². The van der Waals surface area contributed by atoms with Crippen LogP contribution in [0.2, 0.25) is 0 Å². The molecule has 0 N–H and O–H groups in total. The van der Waals surface area contributed by atoms with Gasteiger partial charge in [-0.25, -0.2) is 19.7 Å². The van der Waals surface area contributed by atoms with E-state index in [2.05, 4.69) is 28.8 Å². The van der Waals surface area contributed by atoms with Crippen LogP contribution in [0.4, 0.5) is 13.2 Å². The van der Waals surface area contributed by atoms with Crippen molar-refractivity contribution >= 4 is 15.8 Å². The van der Waals surface area contributed by atoms with Gasteiger partial charge in [-0.05, 0) is 62.8 Å². The average molecular weight is 538 g/mol. The molecule has 0 fully saturated rings. The Bertz CT molecular complexity index is 1200. The van der Waals surface area contributed by atoms with E-state index in [-0.39, 0.29) is 24.9 Å². The van der Waals surface area contributed by atoms with E-state index in [1.54, 1.807) is 31.2 Å². The zero-order valence-electron chi connectivity index (χ0n) is 22.1. The molecule has 2 aromatic carbocycles. The lowest BCUT2D eigenvalue weighted by Crippen LogP contribution is -2.28. The monoisotopic (exact) mass is 537 g/mol. The number of nitrogens with zero attached hydrogens (tertiary/aromatic N) is 3. The third-order valence-corrected chi connectivity index (χ3v) is 7.25. The van der Waals surface area contributed by atoms with Crippen LogP contribution in [0.1, 0.15) is 26.6 Å². The minimum absolute atomic E-state index is 0.0132. The molecule has 10 heteroatoms. The molecular weight excluding hydrogens is 503 g/mol. The molecule has 0 atom stereocenters. The summed E-state index contributed by atoms with van der Waals surface area (Å²) in [5.41, 5.74) is 1.69. The molecule has 0 unspecified atom stereocenters. The van der Waals surface area contributed by atoms with Crippen LogP contribution < -0.4 is 4.74 Å². The number of halogens is 3. The van der Waals surface area contributed by atoms with Crippen LogP contribution in [0.25, 0.3) is 22.5 Å². The van der Waals surface area contributed by atoms with Gasteiger partial charge < -0.3 is 9.47 Å². The summed E-state index contributed by atoms with van der Waals surface area (Å²) in [6.07, 6.45) is 1.71. The normalized spacial score (nSPS) is 13.0. The molecule has 3 rings (SSSR count). The van der Waals surface area contributed by atoms with E-state index >= 15 is 0 Å². The van der Waals surface area contributed by atoms with Gasteiger partial charge in [-0.1, -0.05) is 36.4 Å². The number of carbonyl (C=O) groups is 1. The molecule has 0 saturated carbocycles. The van der Waals surface area contributed by atoms with E-state index in [1.807, 2.05) is 38.1 Å². The van der Waals surface area contributed by atoms with Gasteiger partial charge in [-0.2, -0.15) is 13.2 Å². The van der Waals surface area contributed by atoms with E-state index in [4.69, 9.17) is 9.47 Å². The summed E-state index contributed by atoms with van der Waals surface area (Å²) in [6.45, 7) is 5.54. The molecule has 0 spiro atoms. The van der Waals surface area contributed by atoms with Gasteiger partial charge in [0, 0.05) is 11.3 Å². The van der Waals surface area contributed by atoms with Crippen molar-refractivity contribution < 1.29 is 27.4 Å². The zero-order chi connectivity index (χ0) is 27.4. The number of carbonyl (C=O) groups excluding carboxylic acids is 1. The predicted molar refractivity (Wildman–Crippen MR) is 142 cm³/mol. The Hall–Kier alpha value is -2.85. The Balaban J connectivity index is 1.71. The van der Waals surface area contributed by atoms with E-state index < -0.39 is 27.4 Å². The fraction of sp³-hybridized carbons (Fsp3) is 0.444. The molecule has 1 heterocycles. The lowest BCUT2D eigenvalue weighted by Gasteiger charge is -2.24. The van der Waals surface area contributed by atoms with Crippen molar-refractivity contribution in [2.45, 2.75) is 33.7 Å². The summed E-state index contributed by atoms with van der Waals surface area (Å²) in [5.74, 6) is 0.398. The first-order valence-corrected chi connectivity index (χ1v) is 14.8. The first-order chi connectivity index (χ1) is 17.2. The maximum atomic E-state index is 13.6. The largest absolute Gasteiger partial charge is 0.493 e. The number of hydrogen-bond donors (Lipinski definition) is 0. The van der Waals surface area contributed by atoms with E-state index in [0.29, 0.717) is 17.9 Å². The van der Waals surface area contributed by atoms with Crippen LogP contribution in [0, 0.1) is 5.41 Å². The van der Waals surface area contributed by atoms with Crippen LogP contribution in [0.5, 0.6) is 5.75 Å². The molecule has 0 aliphatic heterocycles. The summed E-state index contributed by atoms with van der Waals surface area (Å²) in [4.78, 5) is 15.4. The van der Waals surface area contributed by atoms with Gasteiger partial charge in [0.25, 0.3) is 0 Å². The zero-order valence-corrected chi connectivity index (χ0v) is 22.9. The summed E-state index contributed by atoms with van der Waals surface area (Å²) in [7, 11) is -0.808. The Morgan fingerprint density at radius 1 is 0.946 bits per heavy atom. The molecule has 3 aromatic rings. The van der Waals surface area contributed by atoms with Gasteiger partial charge in [-0.15, -0.1) is 5.10 Å². The van der Waals surface area contributed by atoms with E-state index in [9.17, 15) is 18.0 Å². The fourth-order valence-corrected chi connectivity index (χ4v) is 3.76. The van der Waals surface area contributed by atoms with Crippen molar-refractivity contribution in [2.24, 2.45) is 5.41 Å². The van der Waals surface area contributed by atoms with Crippen molar-refractivity contribution in [3.8, 4) is 28.3 Å². The molecule has 0 aliphatic rings. The van der Waals surface area contributed by atoms with Crippen LogP contribution >= 0.6 is 10.0 Å². The highest BCUT2D eigenvalue weighted by Crippen LogP contribution is 2.34. The fourth-order valence-electron chi connectivity index (χ4n) is 3.14. The maximum absolute atomic E-state index is 13.6. The quantitative estimate of drug-likeness (QED) is 0.269. The number of aromatic nitrogens is 3. The molecule has 1 aromatic heterocycles. The van der Waals surface area contributed by atoms with Crippen LogP contribution in [-0.4, -0.2) is 58.3 Å². The van der Waals surface area contributed by atoms with Gasteiger partial charge in [0.05, 0.1) is 12.0 Å². The van der Waals surface area contributed by atoms with Crippen LogP contribution in [0.3, 0.4) is 0 Å². The smallest absolute Gasteiger partial charge is 0.451 e. The van der Waals surface area contributed by atoms with Gasteiger partial charge in [-0.3, -0.25) is 4.79 Å². The standard InChI is InChI=1S/C27H34F3N3O3S/c1-19(34)26(2,3)17-36-23-13-11-21(12-14-23)20-7-9-22(10-8-20)24-31-25(27(28,29)30)33(32-24)18-35-15-16-37(4,5)6/h7-14H,15-18H2,1-6H3. The second-order valence-electron chi connectivity index (χ2n) is 10.4. The number of ether oxygens (including phenoxy) is 2. The minimum Gasteiger partial charge on any atom is -0.493 e. The van der Waals surface area contributed by atoms with Crippen LogP contribution in [-0.2, 0) is 22.4 Å². The Labute approximate surface area is 217 Å². The second-order valence-corrected chi connectivity index (χ2v) is 15.0. The van der Waals surface area contributed by atoms with E-state index in [0.717, 1.165) is 21.6 Å². The van der Waals surface area contributed by atoms with Crippen molar-refractivity contribution in [1.82, 2.24) is 14.8 Å². The maximum Gasteiger partial charge on any atom is 0.451 e. The van der Waals surface area contributed by atoms with Crippen molar-refractivity contribution in [2.75, 3.05) is 37.7 Å². The SMILES string of the molecule is CC(=O)C(C)(C)COc1ccc(-c2ccc(-c3nc(C(F)(F)F)n(COCCS(C)(C)C)n3)cc2)cc1. The van der Waals surface area contributed by atoms with Gasteiger partial charge >= 0.3 is 6.18 Å². The molecule has 0 radical (unpaired) electrons. The van der Waals surface area contributed by atoms with Crippen molar-refractivity contribution in [3.63, 3.8) is 0 Å². The lowest BCUT2D eigenvalue weighted by atomic mass is 9.90. The molecule has 0 amide bonds. The van der Waals surface area contributed by atoms with Crippen LogP contribution in [0.15, 0.2) is 48.5 Å². The Kier molecular flexibility index (Phi) is 8.74. The topological polar surface area (TPSA) is 66.2 Å². The number of Topliss-reactive ketones (excluding diaryl/α,β-unsaturated/α-hetero) is 1. The molecule has 6 nitrogen and oxygen atoms in total. The molecule has 0 saturated heterocycles. The third kappa shape index (κ3) is 8.07. The van der Waals surface area contributed by atoms with Gasteiger partial charge in [0.15, 0.2) is 5.82 Å². The average Bonchev–Trinajstić information content (AvgIpc) is 3.25. The first kappa shape index (κ1) is 28.7.